The summed E-state index contributed by atoms with van der Waals surface area (Å²) in [6, 6.07) is 0. The number of hydrogen-bond acceptors (Lipinski definition) is 4. The normalized spacial score (nSPS) is 25.5. The molecular formula is C22H36O5. The van der Waals surface area contributed by atoms with Gasteiger partial charge < -0.3 is 15.3 Å². The van der Waals surface area contributed by atoms with Gasteiger partial charge in [-0.05, 0) is 31.6 Å². The lowest BCUT2D eigenvalue weighted by Crippen LogP contribution is -2.19. The standard InChI is InChI=1S/C22H36O5/c1-3-4-9-16(2)14-17(23)12-13-19-18(20(24)15-21(19)25)10-7-5-6-8-11-22(26)27/h8,11-13,16-19,21,23,25H,3-7,9-10,14-15H2,1-2H3,(H,26,27)/b11-8-,13-12-/t16-,17+,18+,19+,21+/m0/s1. The molecule has 0 saturated heterocycles. The molecular weight excluding hydrogens is 344 g/mol. The van der Waals surface area contributed by atoms with Gasteiger partial charge in [-0.1, -0.05) is 57.8 Å². The van der Waals surface area contributed by atoms with Crippen molar-refractivity contribution in [1.29, 1.82) is 0 Å². The number of ketones is 1. The Bertz CT molecular complexity index is 511. The van der Waals surface area contributed by atoms with Gasteiger partial charge in [0.2, 0.25) is 0 Å². The minimum atomic E-state index is -0.947. The quantitative estimate of drug-likeness (QED) is 0.256. The average molecular weight is 381 g/mol. The maximum atomic E-state index is 12.2. The van der Waals surface area contributed by atoms with E-state index in [9.17, 15) is 19.8 Å². The number of Topliss-reactive ketones (excluding diaryl/α,β-unsaturated/α-hetero) is 1. The Morgan fingerprint density at radius 2 is 2.04 bits per heavy atom. The lowest BCUT2D eigenvalue weighted by molar-refractivity contribution is -0.131. The van der Waals surface area contributed by atoms with E-state index in [0.29, 0.717) is 25.2 Å². The smallest absolute Gasteiger partial charge is 0.327 e. The van der Waals surface area contributed by atoms with Crippen molar-refractivity contribution in [2.24, 2.45) is 17.8 Å². The summed E-state index contributed by atoms with van der Waals surface area (Å²) in [5.74, 6) is -0.840. The van der Waals surface area contributed by atoms with Crippen LogP contribution in [0.2, 0.25) is 0 Å². The highest BCUT2D eigenvalue weighted by molar-refractivity contribution is 5.84. The molecule has 0 aromatic heterocycles. The lowest BCUT2D eigenvalue weighted by Gasteiger charge is -2.18. The average Bonchev–Trinajstić information content (AvgIpc) is 2.87. The Hall–Kier alpha value is -1.46. The van der Waals surface area contributed by atoms with Crippen LogP contribution in [-0.2, 0) is 9.59 Å². The van der Waals surface area contributed by atoms with E-state index >= 15 is 0 Å². The molecule has 154 valence electrons. The molecule has 1 saturated carbocycles. The van der Waals surface area contributed by atoms with Gasteiger partial charge in [0.15, 0.2) is 0 Å². The van der Waals surface area contributed by atoms with Crippen LogP contribution in [0.25, 0.3) is 0 Å². The predicted molar refractivity (Wildman–Crippen MR) is 106 cm³/mol. The van der Waals surface area contributed by atoms with Gasteiger partial charge in [-0.2, -0.15) is 0 Å². The van der Waals surface area contributed by atoms with E-state index in [1.54, 1.807) is 12.2 Å². The maximum absolute atomic E-state index is 12.2. The molecule has 0 bridgehead atoms. The lowest BCUT2D eigenvalue weighted by atomic mass is 9.88. The van der Waals surface area contributed by atoms with Crippen LogP contribution in [0.3, 0.4) is 0 Å². The summed E-state index contributed by atoms with van der Waals surface area (Å²) in [5.41, 5.74) is 0. The van der Waals surface area contributed by atoms with E-state index in [0.717, 1.165) is 38.2 Å². The third-order valence-corrected chi connectivity index (χ3v) is 5.38. The van der Waals surface area contributed by atoms with Crippen LogP contribution < -0.4 is 0 Å². The third kappa shape index (κ3) is 9.34. The van der Waals surface area contributed by atoms with E-state index < -0.39 is 18.2 Å². The van der Waals surface area contributed by atoms with Crippen molar-refractivity contribution < 1.29 is 24.9 Å². The van der Waals surface area contributed by atoms with Crippen LogP contribution in [0.4, 0.5) is 0 Å². The molecule has 0 radical (unpaired) electrons. The number of allylic oxidation sites excluding steroid dienone is 1. The van der Waals surface area contributed by atoms with E-state index in [-0.39, 0.29) is 24.0 Å². The van der Waals surface area contributed by atoms with Crippen LogP contribution in [-0.4, -0.2) is 39.3 Å². The molecule has 5 heteroatoms. The number of rotatable bonds is 13. The van der Waals surface area contributed by atoms with Crippen molar-refractivity contribution >= 4 is 11.8 Å². The Balaban J connectivity index is 2.47. The zero-order chi connectivity index (χ0) is 20.2. The Kier molecular flexibility index (Phi) is 11.2. The number of carboxylic acid groups (broad SMARTS) is 1. The van der Waals surface area contributed by atoms with Gasteiger partial charge in [0, 0.05) is 24.3 Å². The van der Waals surface area contributed by atoms with Gasteiger partial charge in [-0.3, -0.25) is 4.79 Å². The zero-order valence-corrected chi connectivity index (χ0v) is 16.7. The molecule has 5 nitrogen and oxygen atoms in total. The highest BCUT2D eigenvalue weighted by Gasteiger charge is 2.39. The van der Waals surface area contributed by atoms with E-state index in [1.165, 1.54) is 0 Å². The van der Waals surface area contributed by atoms with Gasteiger partial charge in [-0.15, -0.1) is 0 Å². The third-order valence-electron chi connectivity index (χ3n) is 5.38. The molecule has 5 atom stereocenters. The molecule has 3 N–H and O–H groups in total. The Morgan fingerprint density at radius 3 is 2.70 bits per heavy atom. The van der Waals surface area contributed by atoms with Gasteiger partial charge in [-0.25, -0.2) is 4.79 Å². The summed E-state index contributed by atoms with van der Waals surface area (Å²) in [7, 11) is 0. The molecule has 27 heavy (non-hydrogen) atoms. The summed E-state index contributed by atoms with van der Waals surface area (Å²) < 4.78 is 0. The van der Waals surface area contributed by atoms with E-state index in [1.807, 2.05) is 6.08 Å². The second kappa shape index (κ2) is 12.8. The number of unbranched alkanes of at least 4 members (excludes halogenated alkanes) is 3. The second-order valence-electron chi connectivity index (χ2n) is 7.88. The van der Waals surface area contributed by atoms with Gasteiger partial charge >= 0.3 is 5.97 Å². The van der Waals surface area contributed by atoms with Gasteiger partial charge in [0.25, 0.3) is 0 Å². The van der Waals surface area contributed by atoms with Crippen LogP contribution in [0, 0.1) is 17.8 Å². The molecule has 1 fully saturated rings. The van der Waals surface area contributed by atoms with Crippen LogP contribution in [0.1, 0.15) is 71.6 Å². The second-order valence-corrected chi connectivity index (χ2v) is 7.88. The van der Waals surface area contributed by atoms with Crippen molar-refractivity contribution in [1.82, 2.24) is 0 Å². The molecule has 0 aromatic carbocycles. The topological polar surface area (TPSA) is 94.8 Å². The Morgan fingerprint density at radius 1 is 1.30 bits per heavy atom. The number of hydrogen-bond donors (Lipinski definition) is 3. The summed E-state index contributed by atoms with van der Waals surface area (Å²) in [6.45, 7) is 4.30. The molecule has 1 aliphatic rings. The van der Waals surface area contributed by atoms with Gasteiger partial charge in [0.05, 0.1) is 12.2 Å². The number of aliphatic hydroxyl groups is 2. The van der Waals surface area contributed by atoms with Crippen molar-refractivity contribution in [3.8, 4) is 0 Å². The fraction of sp³-hybridized carbons (Fsp3) is 0.727. The van der Waals surface area contributed by atoms with Crippen LogP contribution in [0.15, 0.2) is 24.3 Å². The van der Waals surface area contributed by atoms with Crippen molar-refractivity contribution in [2.45, 2.75) is 83.8 Å². The SMILES string of the molecule is CCCC[C@H](C)C[C@H](O)/C=C\[C@H]1[C@H](O)CC(=O)[C@@H]1CCCC/C=C\C(=O)O. The molecule has 1 rings (SSSR count). The molecule has 0 heterocycles. The molecule has 0 aliphatic heterocycles. The maximum Gasteiger partial charge on any atom is 0.327 e. The number of carbonyl (C=O) groups is 2. The number of aliphatic hydroxyl groups excluding tert-OH is 2. The van der Waals surface area contributed by atoms with Gasteiger partial charge in [0.1, 0.15) is 5.78 Å². The highest BCUT2D eigenvalue weighted by atomic mass is 16.4. The number of aliphatic carboxylic acids is 1. The molecule has 1 aliphatic carbocycles. The fourth-order valence-corrected chi connectivity index (χ4v) is 3.82. The molecule has 0 amide bonds. The molecule has 0 spiro atoms. The monoisotopic (exact) mass is 380 g/mol. The molecule has 0 unspecified atom stereocenters. The van der Waals surface area contributed by atoms with E-state index in [4.69, 9.17) is 5.11 Å². The summed E-state index contributed by atoms with van der Waals surface area (Å²) in [5, 5.41) is 29.0. The highest BCUT2D eigenvalue weighted by Crippen LogP contribution is 2.34. The Labute approximate surface area is 163 Å². The van der Waals surface area contributed by atoms with Crippen LogP contribution >= 0.6 is 0 Å². The summed E-state index contributed by atoms with van der Waals surface area (Å²) in [4.78, 5) is 22.6. The van der Waals surface area contributed by atoms with E-state index in [2.05, 4.69) is 13.8 Å². The molecule has 0 aromatic rings. The van der Waals surface area contributed by atoms with Crippen molar-refractivity contribution in [2.75, 3.05) is 0 Å². The predicted octanol–water partition coefficient (Wildman–Crippen LogP) is 3.89. The summed E-state index contributed by atoms with van der Waals surface area (Å²) >= 11 is 0. The summed E-state index contributed by atoms with van der Waals surface area (Å²) in [6.07, 6.45) is 12.4. The first-order valence-electron chi connectivity index (χ1n) is 10.3. The first kappa shape index (κ1) is 23.6. The largest absolute Gasteiger partial charge is 0.478 e. The van der Waals surface area contributed by atoms with Crippen LogP contribution in [0.5, 0.6) is 0 Å². The number of carboxylic acids is 1. The van der Waals surface area contributed by atoms with Crippen molar-refractivity contribution in [3.63, 3.8) is 0 Å². The fourth-order valence-electron chi connectivity index (χ4n) is 3.82. The minimum absolute atomic E-state index is 0.0871. The van der Waals surface area contributed by atoms with Crippen molar-refractivity contribution in [3.05, 3.63) is 24.3 Å². The zero-order valence-electron chi connectivity index (χ0n) is 16.7. The number of carbonyl (C=O) groups excluding carboxylic acids is 1. The first-order chi connectivity index (χ1) is 12.8. The first-order valence-corrected chi connectivity index (χ1v) is 10.3. The minimum Gasteiger partial charge on any atom is -0.478 e.